The molecule has 2 saturated heterocycles. The third kappa shape index (κ3) is 2.99. The number of ether oxygens (including phenoxy) is 1. The van der Waals surface area contributed by atoms with Gasteiger partial charge in [0.15, 0.2) is 0 Å². The summed E-state index contributed by atoms with van der Waals surface area (Å²) in [6.45, 7) is 5.92. The van der Waals surface area contributed by atoms with Crippen LogP contribution in [0, 0.1) is 6.92 Å². The van der Waals surface area contributed by atoms with Crippen LogP contribution in [0.25, 0.3) is 0 Å². The number of carbonyl (C=O) groups is 1. The van der Waals surface area contributed by atoms with Gasteiger partial charge in [-0.3, -0.25) is 19.6 Å². The number of likely N-dealkylation sites (N-methyl/N-ethyl adjacent to an activating group) is 2. The van der Waals surface area contributed by atoms with Gasteiger partial charge in [-0.2, -0.15) is 0 Å². The molecule has 6 heteroatoms. The Bertz CT molecular complexity index is 557. The molecule has 2 fully saturated rings. The molecule has 0 radical (unpaired) electrons. The Balaban J connectivity index is 1.54. The van der Waals surface area contributed by atoms with Crippen molar-refractivity contribution < 1.29 is 9.53 Å². The molecule has 0 aromatic carbocycles. The van der Waals surface area contributed by atoms with Crippen molar-refractivity contribution in [3.63, 3.8) is 0 Å². The Morgan fingerprint density at radius 3 is 2.86 bits per heavy atom. The zero-order valence-corrected chi connectivity index (χ0v) is 13.5. The summed E-state index contributed by atoms with van der Waals surface area (Å²) in [6.07, 6.45) is 0. The monoisotopic (exact) mass is 304 g/mol. The first kappa shape index (κ1) is 15.4. The quantitative estimate of drug-likeness (QED) is 0.853. The number of carbonyl (C=O) groups excluding carboxylic acids is 1. The largest absolute Gasteiger partial charge is 0.369 e. The van der Waals surface area contributed by atoms with E-state index in [-0.39, 0.29) is 17.6 Å². The van der Waals surface area contributed by atoms with Gasteiger partial charge >= 0.3 is 0 Å². The third-order valence-corrected chi connectivity index (χ3v) is 4.52. The second-order valence-electron chi connectivity index (χ2n) is 6.45. The van der Waals surface area contributed by atoms with Gasteiger partial charge in [0.25, 0.3) is 0 Å². The summed E-state index contributed by atoms with van der Waals surface area (Å²) in [6, 6.07) is 5.95. The molecule has 0 bridgehead atoms. The van der Waals surface area contributed by atoms with Gasteiger partial charge in [-0.15, -0.1) is 0 Å². The zero-order chi connectivity index (χ0) is 15.7. The molecular weight excluding hydrogens is 280 g/mol. The van der Waals surface area contributed by atoms with Crippen molar-refractivity contribution >= 4 is 5.91 Å². The van der Waals surface area contributed by atoms with Gasteiger partial charge in [0.2, 0.25) is 5.91 Å². The Labute approximate surface area is 131 Å². The number of morpholine rings is 1. The lowest BCUT2D eigenvalue weighted by molar-refractivity contribution is -0.198. The molecule has 0 unspecified atom stereocenters. The lowest BCUT2D eigenvalue weighted by Crippen LogP contribution is -2.72. The normalized spacial score (nSPS) is 25.0. The molecule has 1 amide bonds. The minimum Gasteiger partial charge on any atom is -0.369 e. The number of amides is 1. The van der Waals surface area contributed by atoms with Gasteiger partial charge in [-0.05, 0) is 26.1 Å². The van der Waals surface area contributed by atoms with Crippen LogP contribution in [-0.2, 0) is 16.1 Å². The predicted molar refractivity (Wildman–Crippen MR) is 83.4 cm³/mol. The molecular formula is C16H24N4O2. The summed E-state index contributed by atoms with van der Waals surface area (Å²) in [5, 5.41) is 2.70. The first-order chi connectivity index (χ1) is 10.5. The van der Waals surface area contributed by atoms with Crippen molar-refractivity contribution in [2.75, 3.05) is 40.3 Å². The van der Waals surface area contributed by atoms with Crippen LogP contribution in [0.5, 0.6) is 0 Å². The van der Waals surface area contributed by atoms with E-state index >= 15 is 0 Å². The fourth-order valence-corrected chi connectivity index (χ4v) is 3.42. The molecule has 0 saturated carbocycles. The first-order valence-electron chi connectivity index (χ1n) is 7.72. The van der Waals surface area contributed by atoms with Crippen LogP contribution in [-0.4, -0.2) is 72.7 Å². The van der Waals surface area contributed by atoms with Crippen molar-refractivity contribution in [1.82, 2.24) is 20.1 Å². The fraction of sp³-hybridized carbons (Fsp3) is 0.625. The highest BCUT2D eigenvalue weighted by Gasteiger charge is 2.49. The first-order valence-corrected chi connectivity index (χ1v) is 7.72. The van der Waals surface area contributed by atoms with Crippen molar-refractivity contribution in [3.8, 4) is 0 Å². The topological polar surface area (TPSA) is 57.7 Å². The Morgan fingerprint density at radius 1 is 1.45 bits per heavy atom. The van der Waals surface area contributed by atoms with E-state index in [0.717, 1.165) is 37.6 Å². The van der Waals surface area contributed by atoms with E-state index in [1.807, 2.05) is 26.1 Å². The van der Waals surface area contributed by atoms with Crippen LogP contribution < -0.4 is 5.32 Å². The van der Waals surface area contributed by atoms with Crippen LogP contribution in [0.4, 0.5) is 0 Å². The smallest absolute Gasteiger partial charge is 0.239 e. The number of hydrogen-bond donors (Lipinski definition) is 1. The molecule has 120 valence electrons. The van der Waals surface area contributed by atoms with Gasteiger partial charge < -0.3 is 10.1 Å². The molecule has 0 aliphatic carbocycles. The lowest BCUT2D eigenvalue weighted by Gasteiger charge is -2.54. The Kier molecular flexibility index (Phi) is 4.16. The van der Waals surface area contributed by atoms with Crippen LogP contribution in [0.15, 0.2) is 18.2 Å². The van der Waals surface area contributed by atoms with E-state index in [1.165, 1.54) is 0 Å². The van der Waals surface area contributed by atoms with Crippen LogP contribution in [0.3, 0.4) is 0 Å². The van der Waals surface area contributed by atoms with Gasteiger partial charge in [-0.25, -0.2) is 0 Å². The van der Waals surface area contributed by atoms with Gasteiger partial charge in [0.1, 0.15) is 11.6 Å². The van der Waals surface area contributed by atoms with Gasteiger partial charge in [-0.1, -0.05) is 6.07 Å². The molecule has 1 atom stereocenters. The van der Waals surface area contributed by atoms with Crippen LogP contribution in [0.2, 0.25) is 0 Å². The molecule has 1 aromatic rings. The fourth-order valence-electron chi connectivity index (χ4n) is 3.42. The molecule has 2 aliphatic heterocycles. The van der Waals surface area contributed by atoms with Crippen molar-refractivity contribution in [3.05, 3.63) is 29.6 Å². The lowest BCUT2D eigenvalue weighted by atomic mass is 9.90. The van der Waals surface area contributed by atoms with Gasteiger partial charge in [0.05, 0.1) is 12.3 Å². The third-order valence-electron chi connectivity index (χ3n) is 4.52. The minimum absolute atomic E-state index is 0.0255. The number of aryl methyl sites for hydroxylation is 1. The van der Waals surface area contributed by atoms with E-state index in [0.29, 0.717) is 6.61 Å². The van der Waals surface area contributed by atoms with E-state index in [9.17, 15) is 4.79 Å². The van der Waals surface area contributed by atoms with E-state index < -0.39 is 0 Å². The average molecular weight is 304 g/mol. The summed E-state index contributed by atoms with van der Waals surface area (Å²) in [4.78, 5) is 20.8. The van der Waals surface area contributed by atoms with E-state index in [2.05, 4.69) is 26.2 Å². The summed E-state index contributed by atoms with van der Waals surface area (Å²) in [7, 11) is 3.66. The Morgan fingerprint density at radius 2 is 2.23 bits per heavy atom. The second-order valence-corrected chi connectivity index (χ2v) is 6.45. The number of aromatic nitrogens is 1. The van der Waals surface area contributed by atoms with E-state index in [4.69, 9.17) is 4.74 Å². The molecule has 1 aromatic heterocycles. The van der Waals surface area contributed by atoms with E-state index in [1.54, 1.807) is 7.05 Å². The summed E-state index contributed by atoms with van der Waals surface area (Å²) < 4.78 is 6.03. The summed E-state index contributed by atoms with van der Waals surface area (Å²) in [5.74, 6) is 0.0255. The second kappa shape index (κ2) is 5.95. The minimum atomic E-state index is -0.178. The highest BCUT2D eigenvalue weighted by atomic mass is 16.5. The van der Waals surface area contributed by atoms with Crippen molar-refractivity contribution in [2.45, 2.75) is 25.1 Å². The number of nitrogens with zero attached hydrogens (tertiary/aromatic N) is 3. The molecule has 2 aliphatic rings. The summed E-state index contributed by atoms with van der Waals surface area (Å²) >= 11 is 0. The molecule has 3 rings (SSSR count). The van der Waals surface area contributed by atoms with Gasteiger partial charge in [0, 0.05) is 38.9 Å². The summed E-state index contributed by atoms with van der Waals surface area (Å²) in [5.41, 5.74) is 2.03. The number of pyridine rings is 1. The number of likely N-dealkylation sites (tertiary alicyclic amines) is 1. The number of hydrogen-bond acceptors (Lipinski definition) is 5. The standard InChI is InChI=1S/C16H24N4O2/c1-12-5-4-6-13(18-12)7-20-10-16(11-20)9-19(3)14(8-22-16)15(21)17-2/h4-6,14H,7-11H2,1-3H3,(H,17,21)/t14-/m1/s1. The maximum Gasteiger partial charge on any atom is 0.239 e. The molecule has 3 heterocycles. The van der Waals surface area contributed by atoms with Crippen molar-refractivity contribution in [2.24, 2.45) is 0 Å². The zero-order valence-electron chi connectivity index (χ0n) is 13.5. The molecule has 22 heavy (non-hydrogen) atoms. The maximum absolute atomic E-state index is 11.8. The highest BCUT2D eigenvalue weighted by Crippen LogP contribution is 2.31. The average Bonchev–Trinajstić information content (AvgIpc) is 2.45. The number of nitrogens with one attached hydrogen (secondary N) is 1. The molecule has 6 nitrogen and oxygen atoms in total. The maximum atomic E-state index is 11.8. The predicted octanol–water partition coefficient (Wildman–Crippen LogP) is 0.0210. The van der Waals surface area contributed by atoms with Crippen LogP contribution in [0.1, 0.15) is 11.4 Å². The van der Waals surface area contributed by atoms with Crippen LogP contribution >= 0.6 is 0 Å². The Hall–Kier alpha value is -1.50. The SMILES string of the molecule is CNC(=O)[C@H]1COC2(CN(Cc3cccc(C)n3)C2)CN1C. The molecule has 1 N–H and O–H groups in total. The molecule has 1 spiro atoms. The number of rotatable bonds is 3. The highest BCUT2D eigenvalue weighted by molar-refractivity contribution is 5.81. The van der Waals surface area contributed by atoms with Crippen molar-refractivity contribution in [1.29, 1.82) is 0 Å².